The van der Waals surface area contributed by atoms with E-state index < -0.39 is 5.54 Å². The van der Waals surface area contributed by atoms with Crippen molar-refractivity contribution in [2.45, 2.75) is 26.3 Å². The molecule has 3 N–H and O–H groups in total. The number of carbonyl (C=O) groups excluding carboxylic acids is 1. The SMILES string of the molecule is CCOc1ccc(OCC(=O)NCC(C)(C)N)cc1.Cl. The van der Waals surface area contributed by atoms with Gasteiger partial charge in [-0.1, -0.05) is 0 Å². The predicted octanol–water partition coefficient (Wildman–Crippen LogP) is 1.74. The molecule has 0 aromatic heterocycles. The average molecular weight is 303 g/mol. The zero-order valence-corrected chi connectivity index (χ0v) is 13.0. The molecular weight excluding hydrogens is 280 g/mol. The van der Waals surface area contributed by atoms with Crippen molar-refractivity contribution in [1.82, 2.24) is 5.32 Å². The predicted molar refractivity (Wildman–Crippen MR) is 81.6 cm³/mol. The lowest BCUT2D eigenvalue weighted by Crippen LogP contribution is -2.46. The maximum atomic E-state index is 11.5. The molecule has 1 rings (SSSR count). The van der Waals surface area contributed by atoms with Crippen LogP contribution in [0, 0.1) is 0 Å². The molecule has 1 aromatic carbocycles. The maximum Gasteiger partial charge on any atom is 0.258 e. The molecule has 0 aliphatic rings. The highest BCUT2D eigenvalue weighted by molar-refractivity contribution is 5.85. The molecule has 0 unspecified atom stereocenters. The van der Waals surface area contributed by atoms with Gasteiger partial charge in [0.25, 0.3) is 5.91 Å². The van der Waals surface area contributed by atoms with E-state index in [4.69, 9.17) is 15.2 Å². The van der Waals surface area contributed by atoms with Crippen LogP contribution in [0.1, 0.15) is 20.8 Å². The van der Waals surface area contributed by atoms with Crippen LogP contribution in [0.4, 0.5) is 0 Å². The van der Waals surface area contributed by atoms with Crippen LogP contribution in [0.25, 0.3) is 0 Å². The van der Waals surface area contributed by atoms with Gasteiger partial charge < -0.3 is 20.5 Å². The summed E-state index contributed by atoms with van der Waals surface area (Å²) in [5.74, 6) is 1.22. The summed E-state index contributed by atoms with van der Waals surface area (Å²) >= 11 is 0. The Morgan fingerprint density at radius 2 is 1.70 bits per heavy atom. The number of hydrogen-bond acceptors (Lipinski definition) is 4. The molecule has 6 heteroatoms. The van der Waals surface area contributed by atoms with Gasteiger partial charge in [-0.2, -0.15) is 0 Å². The fourth-order valence-corrected chi connectivity index (χ4v) is 1.33. The van der Waals surface area contributed by atoms with Crippen LogP contribution in [-0.2, 0) is 4.79 Å². The van der Waals surface area contributed by atoms with Gasteiger partial charge in [0, 0.05) is 12.1 Å². The standard InChI is InChI=1S/C14H22N2O3.ClH/c1-4-18-11-5-7-12(8-6-11)19-9-13(17)16-10-14(2,3)15;/h5-8H,4,9-10,15H2,1-3H3,(H,16,17);1H. The molecule has 0 aliphatic heterocycles. The van der Waals surface area contributed by atoms with Crippen molar-refractivity contribution < 1.29 is 14.3 Å². The van der Waals surface area contributed by atoms with Crippen molar-refractivity contribution >= 4 is 18.3 Å². The zero-order valence-electron chi connectivity index (χ0n) is 12.1. The highest BCUT2D eigenvalue weighted by atomic mass is 35.5. The summed E-state index contributed by atoms with van der Waals surface area (Å²) in [5, 5.41) is 2.71. The van der Waals surface area contributed by atoms with Gasteiger partial charge >= 0.3 is 0 Å². The summed E-state index contributed by atoms with van der Waals surface area (Å²) in [6, 6.07) is 7.15. The van der Waals surface area contributed by atoms with E-state index in [0.29, 0.717) is 18.9 Å². The minimum atomic E-state index is -0.422. The molecular formula is C14H23ClN2O3. The van der Waals surface area contributed by atoms with Crippen LogP contribution < -0.4 is 20.5 Å². The Balaban J connectivity index is 0.00000361. The molecule has 0 atom stereocenters. The van der Waals surface area contributed by atoms with E-state index in [-0.39, 0.29) is 24.9 Å². The van der Waals surface area contributed by atoms with Crippen LogP contribution in [-0.4, -0.2) is 31.2 Å². The van der Waals surface area contributed by atoms with Gasteiger partial charge in [-0.3, -0.25) is 4.79 Å². The van der Waals surface area contributed by atoms with Crippen molar-refractivity contribution in [1.29, 1.82) is 0 Å². The van der Waals surface area contributed by atoms with E-state index in [2.05, 4.69) is 5.32 Å². The lowest BCUT2D eigenvalue weighted by molar-refractivity contribution is -0.123. The average Bonchev–Trinajstić information content (AvgIpc) is 2.35. The highest BCUT2D eigenvalue weighted by Gasteiger charge is 2.12. The molecule has 0 radical (unpaired) electrons. The van der Waals surface area contributed by atoms with Crippen molar-refractivity contribution in [3.8, 4) is 11.5 Å². The Morgan fingerprint density at radius 3 is 2.15 bits per heavy atom. The topological polar surface area (TPSA) is 73.6 Å². The maximum absolute atomic E-state index is 11.5. The van der Waals surface area contributed by atoms with Crippen molar-refractivity contribution in [3.63, 3.8) is 0 Å². The summed E-state index contributed by atoms with van der Waals surface area (Å²) in [5.41, 5.74) is 5.34. The van der Waals surface area contributed by atoms with E-state index in [1.54, 1.807) is 24.3 Å². The Kier molecular flexibility index (Phi) is 8.03. The first kappa shape index (κ1) is 18.5. The number of benzene rings is 1. The second-order valence-electron chi connectivity index (χ2n) is 4.96. The number of hydrogen-bond donors (Lipinski definition) is 2. The smallest absolute Gasteiger partial charge is 0.258 e. The third-order valence-corrected chi connectivity index (χ3v) is 2.25. The van der Waals surface area contributed by atoms with Gasteiger partial charge in [0.1, 0.15) is 11.5 Å². The molecule has 0 saturated carbocycles. The zero-order chi connectivity index (χ0) is 14.3. The van der Waals surface area contributed by atoms with E-state index in [1.165, 1.54) is 0 Å². The Labute approximate surface area is 126 Å². The van der Waals surface area contributed by atoms with E-state index in [9.17, 15) is 4.79 Å². The first-order chi connectivity index (χ1) is 8.90. The number of carbonyl (C=O) groups is 1. The Bertz CT molecular complexity index is 402. The van der Waals surface area contributed by atoms with E-state index in [1.807, 2.05) is 20.8 Å². The summed E-state index contributed by atoms with van der Waals surface area (Å²) in [6.45, 7) is 6.63. The molecule has 0 fully saturated rings. The quantitative estimate of drug-likeness (QED) is 0.804. The van der Waals surface area contributed by atoms with E-state index >= 15 is 0 Å². The van der Waals surface area contributed by atoms with Crippen LogP contribution in [0.5, 0.6) is 11.5 Å². The molecule has 0 bridgehead atoms. The summed E-state index contributed by atoms with van der Waals surface area (Å²) < 4.78 is 10.7. The molecule has 0 aliphatic carbocycles. The number of ether oxygens (including phenoxy) is 2. The second-order valence-corrected chi connectivity index (χ2v) is 4.96. The van der Waals surface area contributed by atoms with Crippen molar-refractivity contribution in [3.05, 3.63) is 24.3 Å². The van der Waals surface area contributed by atoms with Gasteiger partial charge in [-0.15, -0.1) is 12.4 Å². The second kappa shape index (κ2) is 8.66. The van der Waals surface area contributed by atoms with Gasteiger partial charge in [0.05, 0.1) is 6.61 Å². The van der Waals surface area contributed by atoms with E-state index in [0.717, 1.165) is 5.75 Å². The molecule has 0 heterocycles. The van der Waals surface area contributed by atoms with Crippen LogP contribution in [0.15, 0.2) is 24.3 Å². The summed E-state index contributed by atoms with van der Waals surface area (Å²) in [6.07, 6.45) is 0. The van der Waals surface area contributed by atoms with Crippen molar-refractivity contribution in [2.24, 2.45) is 5.73 Å². The molecule has 20 heavy (non-hydrogen) atoms. The molecule has 114 valence electrons. The fraction of sp³-hybridized carbons (Fsp3) is 0.500. The molecule has 1 aromatic rings. The number of amides is 1. The lowest BCUT2D eigenvalue weighted by Gasteiger charge is -2.18. The van der Waals surface area contributed by atoms with Crippen LogP contribution >= 0.6 is 12.4 Å². The lowest BCUT2D eigenvalue weighted by atomic mass is 10.1. The van der Waals surface area contributed by atoms with Gasteiger partial charge in [-0.05, 0) is 45.0 Å². The first-order valence-corrected chi connectivity index (χ1v) is 6.32. The molecule has 0 saturated heterocycles. The van der Waals surface area contributed by atoms with Crippen LogP contribution in [0.2, 0.25) is 0 Å². The third kappa shape index (κ3) is 7.86. The molecule has 1 amide bonds. The monoisotopic (exact) mass is 302 g/mol. The normalized spacial score (nSPS) is 10.4. The summed E-state index contributed by atoms with van der Waals surface area (Å²) in [4.78, 5) is 11.5. The first-order valence-electron chi connectivity index (χ1n) is 6.32. The number of nitrogens with one attached hydrogen (secondary N) is 1. The minimum Gasteiger partial charge on any atom is -0.494 e. The van der Waals surface area contributed by atoms with Crippen LogP contribution in [0.3, 0.4) is 0 Å². The Morgan fingerprint density at radius 1 is 1.20 bits per heavy atom. The largest absolute Gasteiger partial charge is 0.494 e. The molecule has 5 nitrogen and oxygen atoms in total. The highest BCUT2D eigenvalue weighted by Crippen LogP contribution is 2.17. The van der Waals surface area contributed by atoms with Gasteiger partial charge in [0.15, 0.2) is 6.61 Å². The van der Waals surface area contributed by atoms with Gasteiger partial charge in [-0.25, -0.2) is 0 Å². The van der Waals surface area contributed by atoms with Gasteiger partial charge in [0.2, 0.25) is 0 Å². The third-order valence-electron chi connectivity index (χ3n) is 2.25. The number of nitrogens with two attached hydrogens (primary N) is 1. The fourth-order valence-electron chi connectivity index (χ4n) is 1.33. The summed E-state index contributed by atoms with van der Waals surface area (Å²) in [7, 11) is 0. The minimum absolute atomic E-state index is 0. The number of halogens is 1. The van der Waals surface area contributed by atoms with Crippen molar-refractivity contribution in [2.75, 3.05) is 19.8 Å². The Hall–Kier alpha value is -1.46. The number of rotatable bonds is 7. The molecule has 0 spiro atoms.